The molecule has 0 spiro atoms. The highest BCUT2D eigenvalue weighted by atomic mass is 32.1. The molecule has 0 saturated carbocycles. The molecule has 31 heavy (non-hydrogen) atoms. The lowest BCUT2D eigenvalue weighted by Crippen LogP contribution is -2.31. The summed E-state index contributed by atoms with van der Waals surface area (Å²) in [5.41, 5.74) is 5.82. The number of nitrogens with zero attached hydrogens (tertiary/aromatic N) is 5. The van der Waals surface area contributed by atoms with Crippen LogP contribution in [-0.2, 0) is 6.54 Å². The van der Waals surface area contributed by atoms with Crippen LogP contribution < -0.4 is 4.90 Å². The number of pyridine rings is 1. The zero-order valence-electron chi connectivity index (χ0n) is 17.1. The van der Waals surface area contributed by atoms with E-state index in [-0.39, 0.29) is 11.6 Å². The monoisotopic (exact) mass is 425 g/mol. The van der Waals surface area contributed by atoms with Gasteiger partial charge in [0.1, 0.15) is 5.69 Å². The number of fused-ring (bicyclic) bond motifs is 2. The molecule has 0 unspecified atom stereocenters. The third-order valence-electron chi connectivity index (χ3n) is 5.03. The van der Waals surface area contributed by atoms with Crippen LogP contribution in [-0.4, -0.2) is 25.8 Å². The van der Waals surface area contributed by atoms with Gasteiger partial charge in [0, 0.05) is 12.4 Å². The number of hydrogen-bond acceptors (Lipinski definition) is 6. The van der Waals surface area contributed by atoms with Gasteiger partial charge in [-0.2, -0.15) is 0 Å². The van der Waals surface area contributed by atoms with Crippen LogP contribution >= 0.6 is 11.3 Å². The van der Waals surface area contributed by atoms with Crippen molar-refractivity contribution in [3.8, 4) is 0 Å². The predicted octanol–water partition coefficient (Wildman–Crippen LogP) is 5.10. The Kier molecular flexibility index (Phi) is 4.88. The highest BCUT2D eigenvalue weighted by Gasteiger charge is 2.24. The lowest BCUT2D eigenvalue weighted by Gasteiger charge is -2.19. The van der Waals surface area contributed by atoms with E-state index >= 15 is 0 Å². The van der Waals surface area contributed by atoms with Gasteiger partial charge in [-0.15, -0.1) is 0 Å². The molecular weight excluding hydrogens is 406 g/mol. The molecule has 7 heteroatoms. The Hall–Kier alpha value is -3.71. The summed E-state index contributed by atoms with van der Waals surface area (Å²) in [5, 5.41) is 0.632. The van der Waals surface area contributed by atoms with Crippen molar-refractivity contribution in [2.45, 2.75) is 20.4 Å². The summed E-state index contributed by atoms with van der Waals surface area (Å²) >= 11 is 1.50. The Balaban J connectivity index is 1.61. The fraction of sp³-hybridized carbons (Fsp3) is 0.125. The van der Waals surface area contributed by atoms with Crippen molar-refractivity contribution < 1.29 is 4.79 Å². The fourth-order valence-corrected chi connectivity index (χ4v) is 4.71. The fourth-order valence-electron chi connectivity index (χ4n) is 3.57. The maximum absolute atomic E-state index is 13.6. The number of thiazole rings is 1. The van der Waals surface area contributed by atoms with E-state index in [1.54, 1.807) is 17.3 Å². The van der Waals surface area contributed by atoms with Gasteiger partial charge in [0.15, 0.2) is 5.13 Å². The van der Waals surface area contributed by atoms with Crippen LogP contribution in [0.1, 0.15) is 27.2 Å². The van der Waals surface area contributed by atoms with E-state index in [0.29, 0.717) is 17.2 Å². The van der Waals surface area contributed by atoms with Crippen LogP contribution in [0.5, 0.6) is 0 Å². The minimum absolute atomic E-state index is 0.240. The van der Waals surface area contributed by atoms with Gasteiger partial charge in [-0.3, -0.25) is 19.7 Å². The number of benzene rings is 2. The third kappa shape index (κ3) is 3.75. The second kappa shape index (κ2) is 7.85. The molecule has 152 valence electrons. The van der Waals surface area contributed by atoms with Gasteiger partial charge in [0.2, 0.25) is 0 Å². The minimum atomic E-state index is -0.240. The van der Waals surface area contributed by atoms with Crippen molar-refractivity contribution >= 4 is 43.6 Å². The Morgan fingerprint density at radius 3 is 2.65 bits per heavy atom. The largest absolute Gasteiger partial charge is 0.280 e. The molecule has 5 rings (SSSR count). The number of carbonyl (C=O) groups excluding carboxylic acids is 1. The van der Waals surface area contributed by atoms with Gasteiger partial charge in [-0.05, 0) is 54.8 Å². The average Bonchev–Trinajstić information content (AvgIpc) is 3.21. The number of anilines is 1. The van der Waals surface area contributed by atoms with E-state index in [9.17, 15) is 4.79 Å². The van der Waals surface area contributed by atoms with Gasteiger partial charge in [-0.25, -0.2) is 9.97 Å². The highest BCUT2D eigenvalue weighted by molar-refractivity contribution is 7.22. The van der Waals surface area contributed by atoms with Crippen molar-refractivity contribution in [2.24, 2.45) is 0 Å². The maximum Gasteiger partial charge on any atom is 0.280 e. The molecule has 5 aromatic rings. The topological polar surface area (TPSA) is 71.9 Å². The van der Waals surface area contributed by atoms with Gasteiger partial charge in [0.05, 0.1) is 34.0 Å². The Labute approximate surface area is 183 Å². The second-order valence-electron chi connectivity index (χ2n) is 7.42. The van der Waals surface area contributed by atoms with E-state index in [4.69, 9.17) is 4.98 Å². The first kappa shape index (κ1) is 19.3. The molecule has 0 atom stereocenters. The smallest absolute Gasteiger partial charge is 0.278 e. The van der Waals surface area contributed by atoms with E-state index in [1.165, 1.54) is 23.1 Å². The summed E-state index contributed by atoms with van der Waals surface area (Å²) in [5.74, 6) is -0.240. The first-order valence-electron chi connectivity index (χ1n) is 9.89. The van der Waals surface area contributed by atoms with Crippen LogP contribution in [0.4, 0.5) is 5.13 Å². The molecule has 0 fully saturated rings. The predicted molar refractivity (Wildman–Crippen MR) is 123 cm³/mol. The minimum Gasteiger partial charge on any atom is -0.278 e. The van der Waals surface area contributed by atoms with Crippen molar-refractivity contribution in [3.63, 3.8) is 0 Å². The van der Waals surface area contributed by atoms with Crippen molar-refractivity contribution in [1.82, 2.24) is 19.9 Å². The highest BCUT2D eigenvalue weighted by Crippen LogP contribution is 2.33. The van der Waals surface area contributed by atoms with Crippen LogP contribution in [0, 0.1) is 13.8 Å². The lowest BCUT2D eigenvalue weighted by molar-refractivity contribution is 0.0980. The van der Waals surface area contributed by atoms with E-state index in [2.05, 4.69) is 34.0 Å². The number of carbonyl (C=O) groups is 1. The average molecular weight is 426 g/mol. The second-order valence-corrected chi connectivity index (χ2v) is 8.43. The molecule has 3 heterocycles. The molecule has 1 amide bonds. The van der Waals surface area contributed by atoms with E-state index < -0.39 is 0 Å². The molecule has 2 aromatic carbocycles. The molecule has 0 aliphatic heterocycles. The van der Waals surface area contributed by atoms with Gasteiger partial charge in [0.25, 0.3) is 5.91 Å². The molecule has 0 radical (unpaired) electrons. The van der Waals surface area contributed by atoms with Crippen molar-refractivity contribution in [2.75, 3.05) is 4.90 Å². The van der Waals surface area contributed by atoms with Crippen molar-refractivity contribution in [3.05, 3.63) is 89.5 Å². The zero-order valence-corrected chi connectivity index (χ0v) is 17.9. The molecule has 3 aromatic heterocycles. The van der Waals surface area contributed by atoms with Crippen LogP contribution in [0.2, 0.25) is 0 Å². The first-order chi connectivity index (χ1) is 15.1. The summed E-state index contributed by atoms with van der Waals surface area (Å²) in [6, 6.07) is 15.5. The number of aryl methyl sites for hydroxylation is 2. The summed E-state index contributed by atoms with van der Waals surface area (Å²) in [4.78, 5) is 33.2. The summed E-state index contributed by atoms with van der Waals surface area (Å²) in [6.45, 7) is 4.45. The number of aromatic nitrogens is 4. The first-order valence-corrected chi connectivity index (χ1v) is 10.7. The zero-order chi connectivity index (χ0) is 21.4. The molecule has 0 N–H and O–H groups in total. The molecule has 6 nitrogen and oxygen atoms in total. The van der Waals surface area contributed by atoms with Crippen LogP contribution in [0.25, 0.3) is 21.3 Å². The number of rotatable bonds is 4. The Morgan fingerprint density at radius 2 is 1.84 bits per heavy atom. The molecular formula is C24H19N5OS. The quantitative estimate of drug-likeness (QED) is 0.401. The molecule has 0 bridgehead atoms. The van der Waals surface area contributed by atoms with Crippen LogP contribution in [0.3, 0.4) is 0 Å². The number of para-hydroxylation sites is 2. The van der Waals surface area contributed by atoms with Crippen LogP contribution in [0.15, 0.2) is 67.1 Å². The van der Waals surface area contributed by atoms with E-state index in [0.717, 1.165) is 26.9 Å². The van der Waals surface area contributed by atoms with Gasteiger partial charge in [-0.1, -0.05) is 35.6 Å². The molecule has 0 aliphatic carbocycles. The lowest BCUT2D eigenvalue weighted by atomic mass is 10.1. The number of amides is 1. The third-order valence-corrected chi connectivity index (χ3v) is 6.05. The summed E-state index contributed by atoms with van der Waals surface area (Å²) < 4.78 is 1.06. The number of hydrogen-bond donors (Lipinski definition) is 0. The molecule has 0 saturated heterocycles. The standard InChI is InChI=1S/C24H19N5OS/c1-15-10-16(2)22-21(11-15)31-24(28-22)29(14-17-6-5-9-25-12-17)23(30)20-13-26-18-7-3-4-8-19(18)27-20/h3-13H,14H2,1-2H3. The van der Waals surface area contributed by atoms with Gasteiger partial charge >= 0.3 is 0 Å². The Morgan fingerprint density at radius 1 is 1.00 bits per heavy atom. The van der Waals surface area contributed by atoms with Gasteiger partial charge < -0.3 is 0 Å². The normalized spacial score (nSPS) is 11.2. The summed E-state index contributed by atoms with van der Waals surface area (Å²) in [6.07, 6.45) is 5.01. The Bertz CT molecular complexity index is 1410. The maximum atomic E-state index is 13.6. The molecule has 0 aliphatic rings. The van der Waals surface area contributed by atoms with E-state index in [1.807, 2.05) is 43.3 Å². The SMILES string of the molecule is Cc1cc(C)c2nc(N(Cc3cccnc3)C(=O)c3cnc4ccccc4n3)sc2c1. The van der Waals surface area contributed by atoms with Crippen molar-refractivity contribution in [1.29, 1.82) is 0 Å². The summed E-state index contributed by atoms with van der Waals surface area (Å²) in [7, 11) is 0.